The number of hydrogen-bond donors (Lipinski definition) is 1. The van der Waals surface area contributed by atoms with Crippen LogP contribution in [0, 0.1) is 5.92 Å². The summed E-state index contributed by atoms with van der Waals surface area (Å²) in [6.07, 6.45) is 3.55. The minimum atomic E-state index is 0.0758. The molecule has 0 radical (unpaired) electrons. The first-order valence-electron chi connectivity index (χ1n) is 5.47. The van der Waals surface area contributed by atoms with Crippen LogP contribution in [0.5, 0.6) is 0 Å². The van der Waals surface area contributed by atoms with Crippen molar-refractivity contribution in [1.82, 2.24) is 4.98 Å². The van der Waals surface area contributed by atoms with Crippen molar-refractivity contribution in [3.05, 3.63) is 24.0 Å². The summed E-state index contributed by atoms with van der Waals surface area (Å²) < 4.78 is 0. The summed E-state index contributed by atoms with van der Waals surface area (Å²) in [6.45, 7) is 8.52. The maximum absolute atomic E-state index is 9.24. The van der Waals surface area contributed by atoms with Crippen LogP contribution in [-0.4, -0.2) is 23.2 Å². The Morgan fingerprint density at radius 2 is 2.20 bits per heavy atom. The molecule has 1 aromatic rings. The Labute approximate surface area is 91.8 Å². The average Bonchev–Trinajstić information content (AvgIpc) is 2.25. The second-order valence-corrected chi connectivity index (χ2v) is 4.09. The molecule has 0 bridgehead atoms. The van der Waals surface area contributed by atoms with Crippen LogP contribution in [0.1, 0.15) is 26.3 Å². The Balaban J connectivity index is 2.90. The Morgan fingerprint density at radius 1 is 1.47 bits per heavy atom. The van der Waals surface area contributed by atoms with Crippen LogP contribution in [0.25, 0.3) is 0 Å². The fraction of sp³-hybridized carbons (Fsp3) is 0.583. The summed E-state index contributed by atoms with van der Waals surface area (Å²) in [5, 5.41) is 9.24. The van der Waals surface area contributed by atoms with Crippen LogP contribution < -0.4 is 4.90 Å². The van der Waals surface area contributed by atoms with Gasteiger partial charge in [0, 0.05) is 24.8 Å². The average molecular weight is 208 g/mol. The SMILES string of the molecule is CCN(CC(C)C)c1cnccc1CO. The zero-order valence-electron chi connectivity index (χ0n) is 9.77. The Kier molecular flexibility index (Phi) is 4.56. The molecule has 0 fully saturated rings. The first-order chi connectivity index (χ1) is 7.19. The minimum Gasteiger partial charge on any atom is -0.392 e. The van der Waals surface area contributed by atoms with Gasteiger partial charge in [0.05, 0.1) is 18.5 Å². The van der Waals surface area contributed by atoms with E-state index in [9.17, 15) is 5.11 Å². The van der Waals surface area contributed by atoms with Gasteiger partial charge in [-0.1, -0.05) is 13.8 Å². The lowest BCUT2D eigenvalue weighted by atomic mass is 10.1. The lowest BCUT2D eigenvalue weighted by Gasteiger charge is -2.26. The van der Waals surface area contributed by atoms with E-state index < -0.39 is 0 Å². The van der Waals surface area contributed by atoms with E-state index >= 15 is 0 Å². The molecular formula is C12H20N2O. The van der Waals surface area contributed by atoms with E-state index in [1.165, 1.54) is 0 Å². The molecule has 0 aromatic carbocycles. The van der Waals surface area contributed by atoms with Crippen molar-refractivity contribution in [2.24, 2.45) is 5.92 Å². The normalized spacial score (nSPS) is 10.7. The summed E-state index contributed by atoms with van der Waals surface area (Å²) in [6, 6.07) is 1.87. The predicted molar refractivity (Wildman–Crippen MR) is 62.9 cm³/mol. The number of aliphatic hydroxyl groups is 1. The summed E-state index contributed by atoms with van der Waals surface area (Å²) >= 11 is 0. The number of rotatable bonds is 5. The summed E-state index contributed by atoms with van der Waals surface area (Å²) in [5.74, 6) is 0.608. The summed E-state index contributed by atoms with van der Waals surface area (Å²) in [4.78, 5) is 6.37. The van der Waals surface area contributed by atoms with Crippen molar-refractivity contribution in [3.8, 4) is 0 Å². The van der Waals surface area contributed by atoms with E-state index in [0.29, 0.717) is 5.92 Å². The van der Waals surface area contributed by atoms with Gasteiger partial charge in [0.1, 0.15) is 0 Å². The molecule has 1 aromatic heterocycles. The molecule has 0 aliphatic rings. The summed E-state index contributed by atoms with van der Waals surface area (Å²) in [5.41, 5.74) is 2.00. The predicted octanol–water partition coefficient (Wildman–Crippen LogP) is 2.06. The molecule has 1 N–H and O–H groups in total. The molecule has 0 aliphatic carbocycles. The van der Waals surface area contributed by atoms with Gasteiger partial charge < -0.3 is 10.0 Å². The highest BCUT2D eigenvalue weighted by Gasteiger charge is 2.10. The number of anilines is 1. The van der Waals surface area contributed by atoms with Gasteiger partial charge in [-0.15, -0.1) is 0 Å². The van der Waals surface area contributed by atoms with Crippen molar-refractivity contribution < 1.29 is 5.11 Å². The second kappa shape index (κ2) is 5.71. The van der Waals surface area contributed by atoms with Crippen molar-refractivity contribution in [2.45, 2.75) is 27.4 Å². The quantitative estimate of drug-likeness (QED) is 0.804. The number of nitrogens with zero attached hydrogens (tertiary/aromatic N) is 2. The van der Waals surface area contributed by atoms with Crippen molar-refractivity contribution in [3.63, 3.8) is 0 Å². The van der Waals surface area contributed by atoms with Gasteiger partial charge in [-0.2, -0.15) is 0 Å². The van der Waals surface area contributed by atoms with Crippen LogP contribution in [0.15, 0.2) is 18.5 Å². The first kappa shape index (κ1) is 12.0. The van der Waals surface area contributed by atoms with Crippen LogP contribution in [0.2, 0.25) is 0 Å². The number of pyridine rings is 1. The van der Waals surface area contributed by atoms with E-state index in [0.717, 1.165) is 24.3 Å². The highest BCUT2D eigenvalue weighted by atomic mass is 16.3. The molecule has 1 rings (SSSR count). The highest BCUT2D eigenvalue weighted by molar-refractivity contribution is 5.51. The molecule has 3 heteroatoms. The van der Waals surface area contributed by atoms with Gasteiger partial charge in [0.25, 0.3) is 0 Å². The standard InChI is InChI=1S/C12H20N2O/c1-4-14(8-10(2)3)12-7-13-6-5-11(12)9-15/h5-7,10,15H,4,8-9H2,1-3H3. The van der Waals surface area contributed by atoms with Crippen LogP contribution in [0.4, 0.5) is 5.69 Å². The van der Waals surface area contributed by atoms with Gasteiger partial charge in [-0.3, -0.25) is 4.98 Å². The molecular weight excluding hydrogens is 188 g/mol. The van der Waals surface area contributed by atoms with Gasteiger partial charge in [0.15, 0.2) is 0 Å². The van der Waals surface area contributed by atoms with Gasteiger partial charge in [-0.25, -0.2) is 0 Å². The molecule has 0 spiro atoms. The molecule has 0 atom stereocenters. The number of aliphatic hydroxyl groups excluding tert-OH is 1. The van der Waals surface area contributed by atoms with Crippen molar-refractivity contribution in [1.29, 1.82) is 0 Å². The van der Waals surface area contributed by atoms with Gasteiger partial charge in [-0.05, 0) is 18.9 Å². The molecule has 0 amide bonds. The van der Waals surface area contributed by atoms with E-state index in [1.807, 2.05) is 12.3 Å². The third-order valence-electron chi connectivity index (χ3n) is 2.37. The van der Waals surface area contributed by atoms with Gasteiger partial charge in [0.2, 0.25) is 0 Å². The third-order valence-corrected chi connectivity index (χ3v) is 2.37. The van der Waals surface area contributed by atoms with Crippen LogP contribution >= 0.6 is 0 Å². The largest absolute Gasteiger partial charge is 0.392 e. The number of aromatic nitrogens is 1. The molecule has 3 nitrogen and oxygen atoms in total. The maximum atomic E-state index is 9.24. The van der Waals surface area contributed by atoms with Crippen molar-refractivity contribution >= 4 is 5.69 Å². The van der Waals surface area contributed by atoms with Gasteiger partial charge >= 0.3 is 0 Å². The topological polar surface area (TPSA) is 36.4 Å². The molecule has 0 saturated heterocycles. The third kappa shape index (κ3) is 3.20. The molecule has 0 unspecified atom stereocenters. The smallest absolute Gasteiger partial charge is 0.0703 e. The maximum Gasteiger partial charge on any atom is 0.0703 e. The Hall–Kier alpha value is -1.09. The molecule has 0 aliphatic heterocycles. The highest BCUT2D eigenvalue weighted by Crippen LogP contribution is 2.19. The molecule has 84 valence electrons. The zero-order chi connectivity index (χ0) is 11.3. The fourth-order valence-corrected chi connectivity index (χ4v) is 1.67. The monoisotopic (exact) mass is 208 g/mol. The minimum absolute atomic E-state index is 0.0758. The van der Waals surface area contributed by atoms with E-state index in [-0.39, 0.29) is 6.61 Å². The summed E-state index contributed by atoms with van der Waals surface area (Å²) in [7, 11) is 0. The Bertz CT molecular complexity index is 299. The number of hydrogen-bond acceptors (Lipinski definition) is 3. The zero-order valence-corrected chi connectivity index (χ0v) is 9.77. The molecule has 15 heavy (non-hydrogen) atoms. The van der Waals surface area contributed by atoms with Crippen LogP contribution in [-0.2, 0) is 6.61 Å². The lowest BCUT2D eigenvalue weighted by molar-refractivity contribution is 0.282. The lowest BCUT2D eigenvalue weighted by Crippen LogP contribution is -2.28. The van der Waals surface area contributed by atoms with E-state index in [1.54, 1.807) is 6.20 Å². The molecule has 0 saturated carbocycles. The van der Waals surface area contributed by atoms with Crippen molar-refractivity contribution in [2.75, 3.05) is 18.0 Å². The van der Waals surface area contributed by atoms with E-state index in [4.69, 9.17) is 0 Å². The fourth-order valence-electron chi connectivity index (χ4n) is 1.67. The van der Waals surface area contributed by atoms with E-state index in [2.05, 4.69) is 30.7 Å². The molecule has 1 heterocycles. The second-order valence-electron chi connectivity index (χ2n) is 4.09. The first-order valence-corrected chi connectivity index (χ1v) is 5.47. The Morgan fingerprint density at radius 3 is 2.73 bits per heavy atom. The van der Waals surface area contributed by atoms with Crippen LogP contribution in [0.3, 0.4) is 0 Å².